The van der Waals surface area contributed by atoms with Crippen LogP contribution in [0.3, 0.4) is 0 Å². The molecule has 13 nitrogen and oxygen atoms in total. The van der Waals surface area contributed by atoms with Crippen LogP contribution in [0.15, 0.2) is 71.1 Å². The second-order valence-corrected chi connectivity index (χ2v) is 9.14. The van der Waals surface area contributed by atoms with Gasteiger partial charge in [-0.25, -0.2) is 0 Å². The van der Waals surface area contributed by atoms with Gasteiger partial charge in [-0.2, -0.15) is 13.7 Å². The van der Waals surface area contributed by atoms with Crippen molar-refractivity contribution in [2.75, 3.05) is 12.4 Å². The number of nitro groups is 2. The van der Waals surface area contributed by atoms with E-state index in [1.54, 1.807) is 6.07 Å². The highest BCUT2D eigenvalue weighted by atomic mass is 35.5. The van der Waals surface area contributed by atoms with Crippen molar-refractivity contribution in [2.45, 2.75) is 4.90 Å². The highest BCUT2D eigenvalue weighted by Crippen LogP contribution is 2.34. The number of rotatable bonds is 9. The Morgan fingerprint density at radius 1 is 1.03 bits per heavy atom. The van der Waals surface area contributed by atoms with Gasteiger partial charge >= 0.3 is 10.1 Å². The fraction of sp³-hybridized carbons (Fsp3) is 0.0435. The van der Waals surface area contributed by atoms with Crippen LogP contribution in [0.2, 0.25) is 5.02 Å². The van der Waals surface area contributed by atoms with Gasteiger partial charge in [0.05, 0.1) is 17.0 Å². The number of carbonyl (C=O) groups excluding carboxylic acids is 1. The SMILES string of the molecule is COc1ccc(/C=C(\C#N)C(=O)Nc2ccc(Cl)c([N+](=O)[O-])c2)cc1OS(=O)(=O)c1ccccc1[N+](=O)[O-]. The van der Waals surface area contributed by atoms with E-state index in [0.717, 1.165) is 30.3 Å². The van der Waals surface area contributed by atoms with E-state index in [1.165, 1.54) is 43.5 Å². The number of benzene rings is 3. The maximum absolute atomic E-state index is 12.8. The molecule has 0 spiro atoms. The van der Waals surface area contributed by atoms with Gasteiger partial charge in [0, 0.05) is 17.8 Å². The van der Waals surface area contributed by atoms with Crippen molar-refractivity contribution >= 4 is 50.8 Å². The van der Waals surface area contributed by atoms with Gasteiger partial charge in [-0.05, 0) is 42.0 Å². The highest BCUT2D eigenvalue weighted by molar-refractivity contribution is 7.87. The van der Waals surface area contributed by atoms with Crippen molar-refractivity contribution < 1.29 is 32.0 Å². The molecular formula is C23H15ClN4O9S. The summed E-state index contributed by atoms with van der Waals surface area (Å²) in [4.78, 5) is 32.6. The molecule has 0 aromatic heterocycles. The molecule has 1 amide bonds. The molecule has 0 atom stereocenters. The number of nitrogens with zero attached hydrogens (tertiary/aromatic N) is 3. The Balaban J connectivity index is 1.94. The number of anilines is 1. The van der Waals surface area contributed by atoms with Gasteiger partial charge in [0.15, 0.2) is 16.4 Å². The zero-order valence-corrected chi connectivity index (χ0v) is 20.7. The van der Waals surface area contributed by atoms with Crippen molar-refractivity contribution in [1.82, 2.24) is 0 Å². The molecule has 0 aliphatic rings. The average Bonchev–Trinajstić information content (AvgIpc) is 2.88. The zero-order valence-electron chi connectivity index (χ0n) is 19.2. The predicted octanol–water partition coefficient (Wildman–Crippen LogP) is 4.48. The summed E-state index contributed by atoms with van der Waals surface area (Å²) in [6.07, 6.45) is 1.10. The second kappa shape index (κ2) is 11.4. The number of methoxy groups -OCH3 is 1. The van der Waals surface area contributed by atoms with Crippen molar-refractivity contribution in [3.8, 4) is 17.6 Å². The molecule has 3 aromatic rings. The molecular weight excluding hydrogens is 544 g/mol. The van der Waals surface area contributed by atoms with E-state index in [4.69, 9.17) is 20.5 Å². The third-order valence-corrected chi connectivity index (χ3v) is 6.40. The fourth-order valence-electron chi connectivity index (χ4n) is 3.07. The quantitative estimate of drug-likeness (QED) is 0.129. The Kier molecular flexibility index (Phi) is 8.26. The lowest BCUT2D eigenvalue weighted by Gasteiger charge is -2.12. The normalized spacial score (nSPS) is 11.2. The lowest BCUT2D eigenvalue weighted by Crippen LogP contribution is -2.14. The summed E-state index contributed by atoms with van der Waals surface area (Å²) in [6, 6.07) is 13.6. The molecule has 0 unspecified atom stereocenters. The maximum Gasteiger partial charge on any atom is 0.346 e. The Morgan fingerprint density at radius 2 is 1.71 bits per heavy atom. The first-order chi connectivity index (χ1) is 18.0. The van der Waals surface area contributed by atoms with Crippen molar-refractivity contribution in [3.63, 3.8) is 0 Å². The topological polar surface area (TPSA) is 192 Å². The van der Waals surface area contributed by atoms with Crippen LogP contribution in [0.1, 0.15) is 5.56 Å². The number of hydrogen-bond donors (Lipinski definition) is 1. The first kappa shape index (κ1) is 27.6. The zero-order chi connectivity index (χ0) is 28.0. The van der Waals surface area contributed by atoms with Crippen LogP contribution in [0.25, 0.3) is 6.08 Å². The van der Waals surface area contributed by atoms with Crippen LogP contribution in [0, 0.1) is 31.6 Å². The van der Waals surface area contributed by atoms with E-state index in [2.05, 4.69) is 5.32 Å². The molecule has 15 heteroatoms. The molecule has 3 aromatic carbocycles. The average molecular weight is 559 g/mol. The van der Waals surface area contributed by atoms with Gasteiger partial charge in [0.25, 0.3) is 17.3 Å². The van der Waals surface area contributed by atoms with Crippen LogP contribution in [-0.2, 0) is 14.9 Å². The molecule has 38 heavy (non-hydrogen) atoms. The lowest BCUT2D eigenvalue weighted by molar-refractivity contribution is -0.387. The van der Waals surface area contributed by atoms with E-state index >= 15 is 0 Å². The number of amides is 1. The van der Waals surface area contributed by atoms with Crippen LogP contribution in [0.5, 0.6) is 11.5 Å². The Morgan fingerprint density at radius 3 is 2.34 bits per heavy atom. The maximum atomic E-state index is 12.8. The van der Waals surface area contributed by atoms with Gasteiger partial charge in [0.2, 0.25) is 0 Å². The Labute approximate surface area is 219 Å². The summed E-state index contributed by atoms with van der Waals surface area (Å²) in [5.74, 6) is -1.35. The monoisotopic (exact) mass is 558 g/mol. The summed E-state index contributed by atoms with van der Waals surface area (Å²) < 4.78 is 35.9. The van der Waals surface area contributed by atoms with Gasteiger partial charge < -0.3 is 14.2 Å². The number of hydrogen-bond acceptors (Lipinski definition) is 10. The first-order valence-corrected chi connectivity index (χ1v) is 12.0. The Bertz CT molecular complexity index is 1630. The molecule has 0 heterocycles. The van der Waals surface area contributed by atoms with Gasteiger partial charge in [-0.1, -0.05) is 29.8 Å². The van der Waals surface area contributed by atoms with Crippen molar-refractivity contribution in [3.05, 3.63) is 97.1 Å². The van der Waals surface area contributed by atoms with Crippen LogP contribution < -0.4 is 14.2 Å². The number of ether oxygens (including phenoxy) is 1. The van der Waals surface area contributed by atoms with Crippen LogP contribution in [-0.4, -0.2) is 31.3 Å². The van der Waals surface area contributed by atoms with Crippen LogP contribution >= 0.6 is 11.6 Å². The van der Waals surface area contributed by atoms with Crippen molar-refractivity contribution in [1.29, 1.82) is 5.26 Å². The van der Waals surface area contributed by atoms with E-state index < -0.39 is 47.7 Å². The summed E-state index contributed by atoms with van der Waals surface area (Å²) in [6.45, 7) is 0. The molecule has 0 fully saturated rings. The van der Waals surface area contributed by atoms with Crippen LogP contribution in [0.4, 0.5) is 17.1 Å². The molecule has 0 saturated heterocycles. The standard InChI is InChI=1S/C23H15ClN4O9S/c1-36-20-9-6-14(11-21(20)37-38(34,35)22-5-3-2-4-18(22)27(30)31)10-15(13-25)23(29)26-16-7-8-17(24)19(12-16)28(32)33/h2-12H,1H3,(H,26,29)/b15-10+. The molecule has 0 aliphatic heterocycles. The number of carbonyl (C=O) groups is 1. The number of halogens is 1. The summed E-state index contributed by atoms with van der Waals surface area (Å²) in [5, 5.41) is 34.0. The minimum atomic E-state index is -4.70. The molecule has 0 bridgehead atoms. The van der Waals surface area contributed by atoms with Gasteiger partial charge in [-0.3, -0.25) is 25.0 Å². The molecule has 3 rings (SSSR count). The largest absolute Gasteiger partial charge is 0.493 e. The first-order valence-electron chi connectivity index (χ1n) is 10.2. The highest BCUT2D eigenvalue weighted by Gasteiger charge is 2.28. The summed E-state index contributed by atoms with van der Waals surface area (Å²) >= 11 is 5.76. The number of para-hydroxylation sites is 1. The lowest BCUT2D eigenvalue weighted by atomic mass is 10.1. The predicted molar refractivity (Wildman–Crippen MR) is 134 cm³/mol. The number of nitrogens with one attached hydrogen (secondary N) is 1. The molecule has 194 valence electrons. The smallest absolute Gasteiger partial charge is 0.346 e. The molecule has 1 N–H and O–H groups in total. The third-order valence-electron chi connectivity index (χ3n) is 4.80. The van der Waals surface area contributed by atoms with E-state index in [1.807, 2.05) is 0 Å². The number of nitro benzene ring substituents is 2. The second-order valence-electron chi connectivity index (χ2n) is 7.22. The summed E-state index contributed by atoms with van der Waals surface area (Å²) in [7, 11) is -3.47. The van der Waals surface area contributed by atoms with E-state index in [-0.39, 0.29) is 27.8 Å². The molecule has 0 aliphatic carbocycles. The molecule has 0 radical (unpaired) electrons. The minimum Gasteiger partial charge on any atom is -0.493 e. The fourth-order valence-corrected chi connectivity index (χ4v) is 4.36. The van der Waals surface area contributed by atoms with Gasteiger partial charge in [-0.15, -0.1) is 0 Å². The van der Waals surface area contributed by atoms with E-state index in [0.29, 0.717) is 0 Å². The number of nitriles is 1. The van der Waals surface area contributed by atoms with Gasteiger partial charge in [0.1, 0.15) is 16.7 Å². The van der Waals surface area contributed by atoms with E-state index in [9.17, 15) is 38.7 Å². The van der Waals surface area contributed by atoms with Crippen molar-refractivity contribution in [2.24, 2.45) is 0 Å². The summed E-state index contributed by atoms with van der Waals surface area (Å²) in [5.41, 5.74) is -1.47. The molecule has 0 saturated carbocycles. The Hall–Kier alpha value is -5.00. The minimum absolute atomic E-state index is 0.00144. The third kappa shape index (κ3) is 6.22.